The van der Waals surface area contributed by atoms with E-state index in [2.05, 4.69) is 20.5 Å². The van der Waals surface area contributed by atoms with Crippen molar-refractivity contribution in [1.82, 2.24) is 19.7 Å². The molecule has 0 radical (unpaired) electrons. The van der Waals surface area contributed by atoms with Crippen LogP contribution in [0.5, 0.6) is 0 Å². The van der Waals surface area contributed by atoms with Crippen molar-refractivity contribution in [1.29, 1.82) is 0 Å². The van der Waals surface area contributed by atoms with Crippen molar-refractivity contribution in [2.24, 2.45) is 12.9 Å². The molecule has 90 valence electrons. The quantitative estimate of drug-likeness (QED) is 0.497. The minimum Gasteiger partial charge on any atom is -0.308 e. The van der Waals surface area contributed by atoms with Crippen LogP contribution in [0.15, 0.2) is 23.6 Å². The molecule has 0 aliphatic rings. The van der Waals surface area contributed by atoms with Crippen LogP contribution in [0.25, 0.3) is 0 Å². The van der Waals surface area contributed by atoms with Gasteiger partial charge in [0, 0.05) is 12.8 Å². The molecule has 8 heteroatoms. The first-order valence-electron chi connectivity index (χ1n) is 4.79. The number of anilines is 1. The van der Waals surface area contributed by atoms with Gasteiger partial charge < -0.3 is 5.43 Å². The van der Waals surface area contributed by atoms with Gasteiger partial charge in [-0.25, -0.2) is 20.5 Å². The third-order valence-corrected chi connectivity index (χ3v) is 3.46. The fourth-order valence-corrected chi connectivity index (χ4v) is 2.31. The zero-order chi connectivity index (χ0) is 12.3. The first-order chi connectivity index (χ1) is 8.20. The number of nitrogens with two attached hydrogens (primary N) is 1. The Balaban J connectivity index is 2.11. The van der Waals surface area contributed by atoms with E-state index in [1.807, 2.05) is 7.05 Å². The Morgan fingerprint density at radius 3 is 3.00 bits per heavy atom. The third kappa shape index (κ3) is 2.87. The van der Waals surface area contributed by atoms with Crippen molar-refractivity contribution in [3.63, 3.8) is 0 Å². The Hall–Kier alpha value is -1.31. The summed E-state index contributed by atoms with van der Waals surface area (Å²) in [6.45, 7) is 0. The summed E-state index contributed by atoms with van der Waals surface area (Å²) in [4.78, 5) is 8.38. The second-order valence-electron chi connectivity index (χ2n) is 3.22. The maximum atomic E-state index is 6.05. The summed E-state index contributed by atoms with van der Waals surface area (Å²) in [7, 11) is 1.84. The van der Waals surface area contributed by atoms with Gasteiger partial charge in [0.1, 0.15) is 12.1 Å². The third-order valence-electron chi connectivity index (χ3n) is 2.07. The lowest BCUT2D eigenvalue weighted by Gasteiger charge is -2.05. The minimum absolute atomic E-state index is 0.586. The number of nitrogens with zero attached hydrogens (tertiary/aromatic N) is 4. The van der Waals surface area contributed by atoms with Crippen molar-refractivity contribution in [2.75, 3.05) is 5.43 Å². The number of nitrogens with one attached hydrogen (secondary N) is 1. The molecule has 0 fully saturated rings. The average Bonchev–Trinajstić information content (AvgIpc) is 2.74. The number of pyridine rings is 1. The highest BCUT2D eigenvalue weighted by molar-refractivity contribution is 7.98. The van der Waals surface area contributed by atoms with Crippen LogP contribution < -0.4 is 11.3 Å². The normalized spacial score (nSPS) is 10.5. The minimum atomic E-state index is 0.586. The van der Waals surface area contributed by atoms with Gasteiger partial charge in [0.15, 0.2) is 5.16 Å². The summed E-state index contributed by atoms with van der Waals surface area (Å²) in [5, 5.41) is 5.41. The molecule has 3 N–H and O–H groups in total. The largest absolute Gasteiger partial charge is 0.308 e. The average molecular weight is 271 g/mol. The molecule has 0 aromatic carbocycles. The molecule has 2 heterocycles. The van der Waals surface area contributed by atoms with Crippen molar-refractivity contribution in [3.8, 4) is 0 Å². The summed E-state index contributed by atoms with van der Waals surface area (Å²) < 4.78 is 1.70. The zero-order valence-electron chi connectivity index (χ0n) is 9.09. The highest BCUT2D eigenvalue weighted by atomic mass is 35.5. The Morgan fingerprint density at radius 2 is 2.35 bits per heavy atom. The molecule has 0 bridgehead atoms. The van der Waals surface area contributed by atoms with E-state index in [0.29, 0.717) is 16.6 Å². The number of nitrogen functional groups attached to an aromatic ring is 1. The van der Waals surface area contributed by atoms with E-state index < -0.39 is 0 Å². The van der Waals surface area contributed by atoms with E-state index >= 15 is 0 Å². The van der Waals surface area contributed by atoms with Crippen molar-refractivity contribution in [2.45, 2.75) is 10.9 Å². The first-order valence-corrected chi connectivity index (χ1v) is 6.16. The van der Waals surface area contributed by atoms with Crippen LogP contribution in [0.2, 0.25) is 5.02 Å². The molecule has 0 aliphatic heterocycles. The predicted octanol–water partition coefficient (Wildman–Crippen LogP) is 1.44. The molecule has 0 atom stereocenters. The molecule has 0 amide bonds. The van der Waals surface area contributed by atoms with Gasteiger partial charge in [0.05, 0.1) is 10.7 Å². The van der Waals surface area contributed by atoms with Crippen LogP contribution in [-0.4, -0.2) is 19.7 Å². The SMILES string of the molecule is Cn1ncnc1SCc1nc(NN)ccc1Cl. The van der Waals surface area contributed by atoms with Gasteiger partial charge in [0.25, 0.3) is 0 Å². The predicted molar refractivity (Wildman–Crippen MR) is 67.6 cm³/mol. The summed E-state index contributed by atoms with van der Waals surface area (Å²) >= 11 is 7.56. The highest BCUT2D eigenvalue weighted by Gasteiger charge is 2.07. The number of hydrogen-bond acceptors (Lipinski definition) is 6. The van der Waals surface area contributed by atoms with Gasteiger partial charge in [-0.1, -0.05) is 23.4 Å². The number of thioether (sulfide) groups is 1. The van der Waals surface area contributed by atoms with E-state index in [1.165, 1.54) is 18.1 Å². The Morgan fingerprint density at radius 1 is 1.53 bits per heavy atom. The maximum Gasteiger partial charge on any atom is 0.186 e. The molecule has 2 aromatic rings. The molecular formula is C9H11ClN6S. The van der Waals surface area contributed by atoms with Gasteiger partial charge in [-0.2, -0.15) is 5.10 Å². The number of hydrogen-bond donors (Lipinski definition) is 2. The van der Waals surface area contributed by atoms with Crippen LogP contribution in [0.3, 0.4) is 0 Å². The number of hydrazine groups is 1. The number of aromatic nitrogens is 4. The Kier molecular flexibility index (Phi) is 3.82. The Labute approximate surface area is 108 Å². The standard InChI is InChI=1S/C9H11ClN6S/c1-16-9(12-5-13-16)17-4-7-6(10)2-3-8(14-7)15-11/h2-3,5H,4,11H2,1H3,(H,14,15). The number of halogens is 1. The van der Waals surface area contributed by atoms with E-state index in [9.17, 15) is 0 Å². The molecule has 17 heavy (non-hydrogen) atoms. The fraction of sp³-hybridized carbons (Fsp3) is 0.222. The molecule has 6 nitrogen and oxygen atoms in total. The van der Waals surface area contributed by atoms with Gasteiger partial charge in [-0.3, -0.25) is 0 Å². The van der Waals surface area contributed by atoms with Crippen LogP contribution in [0.1, 0.15) is 5.69 Å². The van der Waals surface area contributed by atoms with Gasteiger partial charge in [-0.15, -0.1) is 0 Å². The number of rotatable bonds is 4. The molecule has 0 spiro atoms. The van der Waals surface area contributed by atoms with Crippen LogP contribution in [-0.2, 0) is 12.8 Å². The van der Waals surface area contributed by atoms with Crippen molar-refractivity contribution in [3.05, 3.63) is 29.2 Å². The van der Waals surface area contributed by atoms with E-state index in [-0.39, 0.29) is 0 Å². The summed E-state index contributed by atoms with van der Waals surface area (Å²) in [5.74, 6) is 6.49. The van der Waals surface area contributed by atoms with Crippen LogP contribution in [0.4, 0.5) is 5.82 Å². The van der Waals surface area contributed by atoms with Gasteiger partial charge in [0.2, 0.25) is 0 Å². The lowest BCUT2D eigenvalue weighted by Crippen LogP contribution is -2.09. The molecule has 0 saturated heterocycles. The molecule has 0 unspecified atom stereocenters. The van der Waals surface area contributed by atoms with Crippen LogP contribution >= 0.6 is 23.4 Å². The zero-order valence-corrected chi connectivity index (χ0v) is 10.7. The Bertz CT molecular complexity index is 514. The monoisotopic (exact) mass is 270 g/mol. The summed E-state index contributed by atoms with van der Waals surface area (Å²) in [6, 6.07) is 3.48. The lowest BCUT2D eigenvalue weighted by molar-refractivity contribution is 0.685. The maximum absolute atomic E-state index is 6.05. The van der Waals surface area contributed by atoms with Crippen LogP contribution in [0, 0.1) is 0 Å². The smallest absolute Gasteiger partial charge is 0.186 e. The summed E-state index contributed by atoms with van der Waals surface area (Å²) in [5.41, 5.74) is 3.25. The highest BCUT2D eigenvalue weighted by Crippen LogP contribution is 2.24. The molecule has 0 saturated carbocycles. The second-order valence-corrected chi connectivity index (χ2v) is 4.57. The fourth-order valence-electron chi connectivity index (χ4n) is 1.22. The van der Waals surface area contributed by atoms with E-state index in [0.717, 1.165) is 10.9 Å². The molecule has 2 aromatic heterocycles. The topological polar surface area (TPSA) is 81.7 Å². The van der Waals surface area contributed by atoms with E-state index in [4.69, 9.17) is 17.4 Å². The van der Waals surface area contributed by atoms with Crippen molar-refractivity contribution >= 4 is 29.2 Å². The first kappa shape index (κ1) is 12.2. The second kappa shape index (κ2) is 5.35. The molecule has 2 rings (SSSR count). The summed E-state index contributed by atoms with van der Waals surface area (Å²) in [6.07, 6.45) is 1.51. The number of aryl methyl sites for hydroxylation is 1. The van der Waals surface area contributed by atoms with Gasteiger partial charge >= 0.3 is 0 Å². The van der Waals surface area contributed by atoms with E-state index in [1.54, 1.807) is 16.8 Å². The molecule has 0 aliphatic carbocycles. The molecular weight excluding hydrogens is 260 g/mol. The van der Waals surface area contributed by atoms with Crippen molar-refractivity contribution < 1.29 is 0 Å². The van der Waals surface area contributed by atoms with Gasteiger partial charge in [-0.05, 0) is 12.1 Å². The lowest BCUT2D eigenvalue weighted by atomic mass is 10.4.